The van der Waals surface area contributed by atoms with Crippen LogP contribution in [-0.4, -0.2) is 53.4 Å². The molecule has 1 aromatic carbocycles. The van der Waals surface area contributed by atoms with Crippen molar-refractivity contribution in [1.29, 1.82) is 0 Å². The summed E-state index contributed by atoms with van der Waals surface area (Å²) >= 11 is 0. The SMILES string of the molecule is CN=C(NCCN(CC1CC1)C1CC1)NCc1ccccc1Cn1cccn1.I. The van der Waals surface area contributed by atoms with Crippen molar-refractivity contribution in [3.63, 3.8) is 0 Å². The number of halogens is 1. The summed E-state index contributed by atoms with van der Waals surface area (Å²) in [6, 6.07) is 11.3. The van der Waals surface area contributed by atoms with E-state index in [0.29, 0.717) is 0 Å². The molecule has 0 aliphatic heterocycles. The van der Waals surface area contributed by atoms with Gasteiger partial charge in [0, 0.05) is 51.7 Å². The van der Waals surface area contributed by atoms with E-state index in [2.05, 4.69) is 49.9 Å². The Labute approximate surface area is 191 Å². The second-order valence-electron chi connectivity index (χ2n) is 7.99. The summed E-state index contributed by atoms with van der Waals surface area (Å²) in [7, 11) is 1.84. The zero-order valence-corrected chi connectivity index (χ0v) is 19.6. The zero-order valence-electron chi connectivity index (χ0n) is 17.3. The van der Waals surface area contributed by atoms with Crippen LogP contribution >= 0.6 is 24.0 Å². The van der Waals surface area contributed by atoms with Crippen molar-refractivity contribution in [3.8, 4) is 0 Å². The molecule has 0 atom stereocenters. The molecule has 158 valence electrons. The summed E-state index contributed by atoms with van der Waals surface area (Å²) in [4.78, 5) is 7.08. The average Bonchev–Trinajstić information content (AvgIpc) is 3.64. The molecule has 2 fully saturated rings. The van der Waals surface area contributed by atoms with Gasteiger partial charge in [-0.1, -0.05) is 24.3 Å². The van der Waals surface area contributed by atoms with Gasteiger partial charge in [-0.15, -0.1) is 24.0 Å². The van der Waals surface area contributed by atoms with Gasteiger partial charge >= 0.3 is 0 Å². The van der Waals surface area contributed by atoms with Gasteiger partial charge in [0.2, 0.25) is 0 Å². The average molecular weight is 508 g/mol. The van der Waals surface area contributed by atoms with Crippen molar-refractivity contribution in [2.45, 2.75) is 44.8 Å². The van der Waals surface area contributed by atoms with Crippen molar-refractivity contribution in [2.75, 3.05) is 26.7 Å². The highest BCUT2D eigenvalue weighted by atomic mass is 127. The molecule has 2 aromatic rings. The van der Waals surface area contributed by atoms with E-state index in [4.69, 9.17) is 0 Å². The van der Waals surface area contributed by atoms with Crippen LogP contribution in [0.4, 0.5) is 0 Å². The lowest BCUT2D eigenvalue weighted by molar-refractivity contribution is 0.256. The van der Waals surface area contributed by atoms with Crippen LogP contribution in [0, 0.1) is 5.92 Å². The van der Waals surface area contributed by atoms with E-state index in [1.54, 1.807) is 0 Å². The fraction of sp³-hybridized carbons (Fsp3) is 0.545. The minimum Gasteiger partial charge on any atom is -0.355 e. The molecule has 1 heterocycles. The van der Waals surface area contributed by atoms with Crippen molar-refractivity contribution in [1.82, 2.24) is 25.3 Å². The van der Waals surface area contributed by atoms with Crippen LogP contribution in [-0.2, 0) is 13.1 Å². The van der Waals surface area contributed by atoms with Crippen LogP contribution in [0.3, 0.4) is 0 Å². The molecule has 0 amide bonds. The predicted octanol–water partition coefficient (Wildman–Crippen LogP) is 3.09. The normalized spacial score (nSPS) is 16.6. The third kappa shape index (κ3) is 6.99. The summed E-state index contributed by atoms with van der Waals surface area (Å²) in [5.74, 6) is 1.83. The molecule has 2 aliphatic rings. The molecule has 4 rings (SSSR count). The monoisotopic (exact) mass is 508 g/mol. The number of nitrogens with zero attached hydrogens (tertiary/aromatic N) is 4. The maximum absolute atomic E-state index is 4.40. The molecule has 2 saturated carbocycles. The van der Waals surface area contributed by atoms with Crippen LogP contribution in [0.2, 0.25) is 0 Å². The molecule has 0 unspecified atom stereocenters. The largest absolute Gasteiger partial charge is 0.355 e. The van der Waals surface area contributed by atoms with Gasteiger partial charge in [-0.05, 0) is 48.8 Å². The molecule has 0 spiro atoms. The molecule has 29 heavy (non-hydrogen) atoms. The second kappa shape index (κ2) is 11.0. The summed E-state index contributed by atoms with van der Waals surface area (Å²) in [6.45, 7) is 4.88. The van der Waals surface area contributed by atoms with Gasteiger partial charge in [-0.2, -0.15) is 5.10 Å². The number of aliphatic imine (C=N–C) groups is 1. The van der Waals surface area contributed by atoms with Crippen LogP contribution in [0.25, 0.3) is 0 Å². The van der Waals surface area contributed by atoms with Gasteiger partial charge in [0.25, 0.3) is 0 Å². The lowest BCUT2D eigenvalue weighted by atomic mass is 10.1. The van der Waals surface area contributed by atoms with Crippen molar-refractivity contribution in [2.24, 2.45) is 10.9 Å². The first kappa shape index (κ1) is 22.1. The van der Waals surface area contributed by atoms with Gasteiger partial charge < -0.3 is 10.6 Å². The molecular weight excluding hydrogens is 475 g/mol. The molecule has 7 heteroatoms. The van der Waals surface area contributed by atoms with E-state index in [0.717, 1.165) is 44.1 Å². The second-order valence-corrected chi connectivity index (χ2v) is 7.99. The third-order valence-corrected chi connectivity index (χ3v) is 5.62. The number of aromatic nitrogens is 2. The van der Waals surface area contributed by atoms with Crippen LogP contribution in [0.5, 0.6) is 0 Å². The Hall–Kier alpha value is -1.61. The smallest absolute Gasteiger partial charge is 0.191 e. The van der Waals surface area contributed by atoms with Crippen LogP contribution < -0.4 is 10.6 Å². The highest BCUT2D eigenvalue weighted by Gasteiger charge is 2.33. The highest BCUT2D eigenvalue weighted by Crippen LogP contribution is 2.34. The molecule has 2 N–H and O–H groups in total. The Kier molecular flexibility index (Phi) is 8.35. The Bertz CT molecular complexity index is 767. The predicted molar refractivity (Wildman–Crippen MR) is 129 cm³/mol. The Morgan fingerprint density at radius 2 is 1.93 bits per heavy atom. The highest BCUT2D eigenvalue weighted by molar-refractivity contribution is 14.0. The fourth-order valence-electron chi connectivity index (χ4n) is 3.66. The number of hydrogen-bond donors (Lipinski definition) is 2. The molecule has 1 aromatic heterocycles. The molecule has 0 radical (unpaired) electrons. The van der Waals surface area contributed by atoms with E-state index < -0.39 is 0 Å². The van der Waals surface area contributed by atoms with Crippen molar-refractivity contribution in [3.05, 3.63) is 53.9 Å². The lowest BCUT2D eigenvalue weighted by Gasteiger charge is -2.22. The maximum atomic E-state index is 4.40. The van der Waals surface area contributed by atoms with E-state index >= 15 is 0 Å². The summed E-state index contributed by atoms with van der Waals surface area (Å²) in [5.41, 5.74) is 2.55. The minimum absolute atomic E-state index is 0. The van der Waals surface area contributed by atoms with Gasteiger partial charge in [0.05, 0.1) is 6.54 Å². The first-order valence-corrected chi connectivity index (χ1v) is 10.5. The topological polar surface area (TPSA) is 57.5 Å². The number of guanidine groups is 1. The molecule has 2 aliphatic carbocycles. The van der Waals surface area contributed by atoms with E-state index in [1.807, 2.05) is 30.2 Å². The maximum Gasteiger partial charge on any atom is 0.191 e. The van der Waals surface area contributed by atoms with E-state index in [1.165, 1.54) is 43.4 Å². The van der Waals surface area contributed by atoms with Gasteiger partial charge in [-0.25, -0.2) is 0 Å². The Morgan fingerprint density at radius 3 is 2.59 bits per heavy atom. The van der Waals surface area contributed by atoms with E-state index in [-0.39, 0.29) is 24.0 Å². The van der Waals surface area contributed by atoms with Gasteiger partial charge in [0.15, 0.2) is 5.96 Å². The standard InChI is InChI=1S/C22H32N6.HI/c1-23-22(24-12-14-27(21-9-10-21)16-18-7-8-18)25-15-19-5-2-3-6-20(19)17-28-13-4-11-26-28;/h2-6,11,13,18,21H,7-10,12,14-17H2,1H3,(H2,23,24,25);1H. The lowest BCUT2D eigenvalue weighted by Crippen LogP contribution is -2.42. The Morgan fingerprint density at radius 1 is 1.14 bits per heavy atom. The molecule has 6 nitrogen and oxygen atoms in total. The van der Waals surface area contributed by atoms with E-state index in [9.17, 15) is 0 Å². The summed E-state index contributed by atoms with van der Waals surface area (Å²) < 4.78 is 1.96. The first-order valence-electron chi connectivity index (χ1n) is 10.5. The van der Waals surface area contributed by atoms with Crippen LogP contribution in [0.1, 0.15) is 36.8 Å². The van der Waals surface area contributed by atoms with Crippen LogP contribution in [0.15, 0.2) is 47.7 Å². The Balaban J connectivity index is 0.00000240. The minimum atomic E-state index is 0. The summed E-state index contributed by atoms with van der Waals surface area (Å²) in [5, 5.41) is 11.3. The third-order valence-electron chi connectivity index (χ3n) is 5.62. The first-order chi connectivity index (χ1) is 13.8. The van der Waals surface area contributed by atoms with Gasteiger partial charge in [0.1, 0.15) is 0 Å². The molecule has 0 saturated heterocycles. The summed E-state index contributed by atoms with van der Waals surface area (Å²) in [6.07, 6.45) is 9.44. The molecule has 0 bridgehead atoms. The van der Waals surface area contributed by atoms with Gasteiger partial charge in [-0.3, -0.25) is 14.6 Å². The number of nitrogens with one attached hydrogen (secondary N) is 2. The molecular formula is C22H33IN6. The number of benzene rings is 1. The van der Waals surface area contributed by atoms with Crippen molar-refractivity contribution < 1.29 is 0 Å². The fourth-order valence-corrected chi connectivity index (χ4v) is 3.66. The number of hydrogen-bond acceptors (Lipinski definition) is 3. The zero-order chi connectivity index (χ0) is 19.2. The van der Waals surface area contributed by atoms with Crippen molar-refractivity contribution >= 4 is 29.9 Å². The quantitative estimate of drug-likeness (QED) is 0.294. The number of rotatable bonds is 10.